The Hall–Kier alpha value is -2.32. The van der Waals surface area contributed by atoms with E-state index in [1.165, 1.54) is 0 Å². The van der Waals surface area contributed by atoms with Crippen LogP contribution in [0.3, 0.4) is 0 Å². The number of nitrogens with zero attached hydrogens (tertiary/aromatic N) is 5. The molecule has 0 aromatic carbocycles. The first kappa shape index (κ1) is 14.3. The Morgan fingerprint density at radius 1 is 1.30 bits per heavy atom. The molecule has 2 bridgehead atoms. The van der Waals surface area contributed by atoms with Gasteiger partial charge in [0.1, 0.15) is 17.2 Å². The van der Waals surface area contributed by atoms with Crippen LogP contribution in [0.2, 0.25) is 0 Å². The molecule has 1 fully saturated rings. The fourth-order valence-corrected chi connectivity index (χ4v) is 3.20. The quantitative estimate of drug-likeness (QED) is 0.940. The average molecular weight is 324 g/mol. The predicted molar refractivity (Wildman–Crippen MR) is 77.6 cm³/mol. The summed E-state index contributed by atoms with van der Waals surface area (Å²) in [5, 5.41) is 6.98. The number of rotatable bonds is 3. The van der Waals surface area contributed by atoms with Crippen molar-refractivity contribution in [3.8, 4) is 0 Å². The molecule has 1 saturated carbocycles. The summed E-state index contributed by atoms with van der Waals surface area (Å²) in [5.41, 5.74) is -0.847. The number of aromatic nitrogens is 4. The van der Waals surface area contributed by atoms with Crippen molar-refractivity contribution in [2.75, 3.05) is 16.8 Å². The normalized spacial score (nSPS) is 22.5. The molecule has 5 rings (SSSR count). The van der Waals surface area contributed by atoms with Gasteiger partial charge in [0.2, 0.25) is 5.95 Å². The summed E-state index contributed by atoms with van der Waals surface area (Å²) < 4.78 is 41.1. The number of anilines is 3. The monoisotopic (exact) mass is 324 g/mol. The van der Waals surface area contributed by atoms with Crippen LogP contribution < -0.4 is 10.2 Å². The Bertz CT molecular complexity index is 734. The van der Waals surface area contributed by atoms with Crippen molar-refractivity contribution in [1.82, 2.24) is 19.7 Å². The Kier molecular flexibility index (Phi) is 3.00. The zero-order valence-corrected chi connectivity index (χ0v) is 12.4. The lowest BCUT2D eigenvalue weighted by Crippen LogP contribution is -2.50. The molecule has 0 atom stereocenters. The molecule has 122 valence electrons. The van der Waals surface area contributed by atoms with E-state index in [1.54, 1.807) is 13.1 Å². The van der Waals surface area contributed by atoms with Crippen LogP contribution in [-0.2, 0) is 6.18 Å². The highest BCUT2D eigenvalue weighted by molar-refractivity contribution is 5.60. The third kappa shape index (κ3) is 2.13. The molecule has 0 amide bonds. The topological polar surface area (TPSA) is 58.9 Å². The van der Waals surface area contributed by atoms with Crippen molar-refractivity contribution in [1.29, 1.82) is 0 Å². The summed E-state index contributed by atoms with van der Waals surface area (Å²) in [6.07, 6.45) is -0.115. The van der Waals surface area contributed by atoms with Crippen molar-refractivity contribution in [2.24, 2.45) is 0 Å². The maximum atomic E-state index is 13.1. The van der Waals surface area contributed by atoms with Crippen molar-refractivity contribution < 1.29 is 13.2 Å². The third-order valence-electron chi connectivity index (χ3n) is 4.34. The van der Waals surface area contributed by atoms with Gasteiger partial charge in [-0.15, -0.1) is 0 Å². The molecule has 2 aromatic heterocycles. The SMILES string of the molecule is CCNc1nc(N2c3ccnn3C3CC2C3)ncc1C(F)(F)F. The number of hydrogen-bond donors (Lipinski definition) is 1. The van der Waals surface area contributed by atoms with Crippen LogP contribution in [0.5, 0.6) is 0 Å². The van der Waals surface area contributed by atoms with Gasteiger partial charge >= 0.3 is 6.18 Å². The van der Waals surface area contributed by atoms with Crippen LogP contribution in [0.15, 0.2) is 18.5 Å². The highest BCUT2D eigenvalue weighted by Gasteiger charge is 2.45. The van der Waals surface area contributed by atoms with Crippen LogP contribution in [0.4, 0.5) is 30.8 Å². The number of nitrogens with one attached hydrogen (secondary N) is 1. The summed E-state index contributed by atoms with van der Waals surface area (Å²) in [4.78, 5) is 10.0. The Morgan fingerprint density at radius 2 is 2.09 bits per heavy atom. The first-order valence-corrected chi connectivity index (χ1v) is 7.50. The van der Waals surface area contributed by atoms with Crippen LogP contribution in [0.25, 0.3) is 0 Å². The van der Waals surface area contributed by atoms with E-state index in [1.807, 2.05) is 15.6 Å². The van der Waals surface area contributed by atoms with Gasteiger partial charge in [-0.3, -0.25) is 4.90 Å². The highest BCUT2D eigenvalue weighted by atomic mass is 19.4. The van der Waals surface area contributed by atoms with E-state index in [0.717, 1.165) is 24.9 Å². The minimum absolute atomic E-state index is 0.183. The maximum absolute atomic E-state index is 13.1. The van der Waals surface area contributed by atoms with Gasteiger partial charge in [-0.2, -0.15) is 23.3 Å². The second-order valence-electron chi connectivity index (χ2n) is 5.74. The molecule has 0 saturated heterocycles. The molecule has 4 heterocycles. The van der Waals surface area contributed by atoms with Gasteiger partial charge in [0.15, 0.2) is 0 Å². The van der Waals surface area contributed by atoms with Gasteiger partial charge < -0.3 is 5.32 Å². The lowest BCUT2D eigenvalue weighted by molar-refractivity contribution is -0.137. The molecule has 1 aliphatic carbocycles. The summed E-state index contributed by atoms with van der Waals surface area (Å²) in [6.45, 7) is 2.08. The minimum Gasteiger partial charge on any atom is -0.370 e. The predicted octanol–water partition coefficient (Wildman–Crippen LogP) is 2.98. The van der Waals surface area contributed by atoms with Gasteiger partial charge in [0.05, 0.1) is 12.2 Å². The second-order valence-corrected chi connectivity index (χ2v) is 5.74. The first-order valence-electron chi connectivity index (χ1n) is 7.50. The maximum Gasteiger partial charge on any atom is 0.421 e. The molecular formula is C14H15F3N6. The lowest BCUT2D eigenvalue weighted by Gasteiger charge is -2.48. The summed E-state index contributed by atoms with van der Waals surface area (Å²) in [5.74, 6) is 0.927. The van der Waals surface area contributed by atoms with E-state index >= 15 is 0 Å². The molecule has 9 heteroatoms. The zero-order valence-electron chi connectivity index (χ0n) is 12.4. The fraction of sp³-hybridized carbons (Fsp3) is 0.500. The van der Waals surface area contributed by atoms with Gasteiger partial charge in [-0.1, -0.05) is 0 Å². The lowest BCUT2D eigenvalue weighted by atomic mass is 9.83. The van der Waals surface area contributed by atoms with E-state index in [9.17, 15) is 13.2 Å². The standard InChI is InChI=1S/C14H15F3N6/c1-2-18-12-10(14(15,16)17)7-19-13(21-12)22-8-5-9(6-8)23-11(22)3-4-20-23/h3-4,7-9H,2,5-6H2,1H3,(H,18,19,21). The molecule has 23 heavy (non-hydrogen) atoms. The van der Waals surface area contributed by atoms with Crippen LogP contribution >= 0.6 is 0 Å². The molecule has 2 aliphatic heterocycles. The third-order valence-corrected chi connectivity index (χ3v) is 4.34. The molecule has 0 spiro atoms. The summed E-state index contributed by atoms with van der Waals surface area (Å²) in [6, 6.07) is 2.44. The second kappa shape index (κ2) is 4.84. The van der Waals surface area contributed by atoms with E-state index in [0.29, 0.717) is 12.6 Å². The van der Waals surface area contributed by atoms with Crippen molar-refractivity contribution >= 4 is 17.6 Å². The van der Waals surface area contributed by atoms with E-state index < -0.39 is 11.7 Å². The zero-order chi connectivity index (χ0) is 16.2. The molecule has 0 radical (unpaired) electrons. The van der Waals surface area contributed by atoms with Crippen molar-refractivity contribution in [3.63, 3.8) is 0 Å². The Morgan fingerprint density at radius 3 is 2.78 bits per heavy atom. The van der Waals surface area contributed by atoms with Crippen LogP contribution in [-0.4, -0.2) is 32.3 Å². The summed E-state index contributed by atoms with van der Waals surface area (Å²) >= 11 is 0. The molecule has 3 aliphatic rings. The van der Waals surface area contributed by atoms with E-state index in [-0.39, 0.29) is 17.8 Å². The molecular weight excluding hydrogens is 309 g/mol. The fourth-order valence-electron chi connectivity index (χ4n) is 3.20. The average Bonchev–Trinajstić information content (AvgIpc) is 2.93. The minimum atomic E-state index is -4.48. The van der Waals surface area contributed by atoms with Crippen LogP contribution in [0, 0.1) is 0 Å². The van der Waals surface area contributed by atoms with Gasteiger partial charge in [0.25, 0.3) is 0 Å². The first-order chi connectivity index (χ1) is 11.0. The van der Waals surface area contributed by atoms with Gasteiger partial charge in [-0.25, -0.2) is 9.67 Å². The van der Waals surface area contributed by atoms with Gasteiger partial charge in [0, 0.05) is 24.8 Å². The Labute approximate surface area is 130 Å². The van der Waals surface area contributed by atoms with E-state index in [4.69, 9.17) is 0 Å². The molecule has 1 N–H and O–H groups in total. The molecule has 6 nitrogen and oxygen atoms in total. The Balaban J connectivity index is 1.78. The molecule has 0 unspecified atom stereocenters. The molecule has 2 aromatic rings. The van der Waals surface area contributed by atoms with Crippen LogP contribution in [0.1, 0.15) is 31.4 Å². The van der Waals surface area contributed by atoms with Crippen molar-refractivity contribution in [2.45, 2.75) is 38.0 Å². The highest BCUT2D eigenvalue weighted by Crippen LogP contribution is 2.47. The van der Waals surface area contributed by atoms with Crippen molar-refractivity contribution in [3.05, 3.63) is 24.0 Å². The smallest absolute Gasteiger partial charge is 0.370 e. The largest absolute Gasteiger partial charge is 0.421 e. The van der Waals surface area contributed by atoms with Gasteiger partial charge in [-0.05, 0) is 19.8 Å². The number of hydrogen-bond acceptors (Lipinski definition) is 5. The number of halogens is 3. The number of alkyl halides is 3. The van der Waals surface area contributed by atoms with E-state index in [2.05, 4.69) is 20.4 Å². The summed E-state index contributed by atoms with van der Waals surface area (Å²) in [7, 11) is 0.